The van der Waals surface area contributed by atoms with E-state index in [-0.39, 0.29) is 5.91 Å². The summed E-state index contributed by atoms with van der Waals surface area (Å²) in [6.07, 6.45) is 2.93. The number of aromatic nitrogens is 1. The fourth-order valence-electron chi connectivity index (χ4n) is 3.08. The molecular weight excluding hydrogens is 400 g/mol. The summed E-state index contributed by atoms with van der Waals surface area (Å²) in [5.74, 6) is 1.74. The van der Waals surface area contributed by atoms with E-state index in [1.165, 1.54) is 4.90 Å². The third-order valence-electron chi connectivity index (χ3n) is 4.58. The highest BCUT2D eigenvalue weighted by molar-refractivity contribution is 7.99. The van der Waals surface area contributed by atoms with Crippen LogP contribution in [0, 0.1) is 6.92 Å². The molecule has 0 aliphatic rings. The Labute approximate surface area is 178 Å². The van der Waals surface area contributed by atoms with E-state index in [9.17, 15) is 4.79 Å². The molecule has 0 radical (unpaired) electrons. The van der Waals surface area contributed by atoms with Crippen LogP contribution in [-0.4, -0.2) is 16.6 Å². The van der Waals surface area contributed by atoms with Crippen molar-refractivity contribution in [3.05, 3.63) is 78.3 Å². The van der Waals surface area contributed by atoms with Gasteiger partial charge in [0.15, 0.2) is 5.13 Å². The number of amides is 1. The molecule has 0 unspecified atom stereocenters. The Hall–Kier alpha value is -2.57. The van der Waals surface area contributed by atoms with Crippen LogP contribution in [0.1, 0.15) is 24.2 Å². The number of para-hydroxylation sites is 1. The first-order valence-electron chi connectivity index (χ1n) is 9.57. The summed E-state index contributed by atoms with van der Waals surface area (Å²) in [6.45, 7) is 2.45. The van der Waals surface area contributed by atoms with Crippen molar-refractivity contribution in [2.45, 2.75) is 31.2 Å². The normalized spacial score (nSPS) is 11.1. The number of carbonyl (C=O) groups is 1. The average molecular weight is 423 g/mol. The molecular formula is C23H22N2O2S2. The number of hydrogen-bond acceptors (Lipinski definition) is 5. The lowest BCUT2D eigenvalue weighted by molar-refractivity contribution is -0.118. The van der Waals surface area contributed by atoms with Crippen molar-refractivity contribution in [2.75, 3.05) is 10.7 Å². The second kappa shape index (κ2) is 9.29. The maximum absolute atomic E-state index is 13.1. The third-order valence-corrected chi connectivity index (χ3v) is 6.72. The number of aryl methyl sites for hydroxylation is 1. The van der Waals surface area contributed by atoms with Crippen LogP contribution >= 0.6 is 23.1 Å². The van der Waals surface area contributed by atoms with Crippen LogP contribution < -0.4 is 4.90 Å². The largest absolute Gasteiger partial charge is 0.467 e. The maximum Gasteiger partial charge on any atom is 0.229 e. The van der Waals surface area contributed by atoms with Crippen molar-refractivity contribution in [1.82, 2.24) is 4.98 Å². The molecule has 0 bridgehead atoms. The van der Waals surface area contributed by atoms with Gasteiger partial charge in [-0.1, -0.05) is 41.7 Å². The van der Waals surface area contributed by atoms with E-state index in [1.54, 1.807) is 34.3 Å². The van der Waals surface area contributed by atoms with Crippen molar-refractivity contribution >= 4 is 44.4 Å². The van der Waals surface area contributed by atoms with Gasteiger partial charge >= 0.3 is 0 Å². The number of fused-ring (bicyclic) bond motifs is 1. The Morgan fingerprint density at radius 1 is 1.10 bits per heavy atom. The molecule has 6 heteroatoms. The lowest BCUT2D eigenvalue weighted by atomic mass is 10.2. The molecule has 4 nitrogen and oxygen atoms in total. The van der Waals surface area contributed by atoms with Crippen LogP contribution in [0.5, 0.6) is 0 Å². The quantitative estimate of drug-likeness (QED) is 0.247. The second-order valence-corrected chi connectivity index (χ2v) is 8.92. The average Bonchev–Trinajstić information content (AvgIpc) is 3.40. The topological polar surface area (TPSA) is 46.3 Å². The van der Waals surface area contributed by atoms with E-state index in [2.05, 4.69) is 18.2 Å². The van der Waals surface area contributed by atoms with Gasteiger partial charge in [-0.15, -0.1) is 11.8 Å². The molecule has 1 amide bonds. The summed E-state index contributed by atoms with van der Waals surface area (Å²) >= 11 is 3.33. The number of anilines is 1. The first kappa shape index (κ1) is 19.7. The molecule has 0 N–H and O–H groups in total. The van der Waals surface area contributed by atoms with Crippen LogP contribution in [0.2, 0.25) is 0 Å². The van der Waals surface area contributed by atoms with Crippen LogP contribution in [0.4, 0.5) is 5.13 Å². The molecule has 2 aromatic heterocycles. The van der Waals surface area contributed by atoms with E-state index in [4.69, 9.17) is 9.40 Å². The number of thioether (sulfide) groups is 1. The highest BCUT2D eigenvalue weighted by atomic mass is 32.2. The highest BCUT2D eigenvalue weighted by Gasteiger charge is 2.21. The summed E-state index contributed by atoms with van der Waals surface area (Å²) in [4.78, 5) is 20.8. The van der Waals surface area contributed by atoms with Gasteiger partial charge in [-0.05, 0) is 55.0 Å². The van der Waals surface area contributed by atoms with Crippen LogP contribution in [0.15, 0.2) is 76.2 Å². The minimum Gasteiger partial charge on any atom is -0.467 e. The van der Waals surface area contributed by atoms with Gasteiger partial charge < -0.3 is 4.42 Å². The smallest absolute Gasteiger partial charge is 0.229 e. The van der Waals surface area contributed by atoms with Crippen molar-refractivity contribution < 1.29 is 9.21 Å². The van der Waals surface area contributed by atoms with Crippen molar-refractivity contribution in [3.63, 3.8) is 0 Å². The Morgan fingerprint density at radius 3 is 2.72 bits per heavy atom. The van der Waals surface area contributed by atoms with E-state index in [0.29, 0.717) is 13.0 Å². The number of benzene rings is 2. The summed E-state index contributed by atoms with van der Waals surface area (Å²) < 4.78 is 6.59. The van der Waals surface area contributed by atoms with E-state index in [0.717, 1.165) is 38.8 Å². The molecule has 0 fully saturated rings. The van der Waals surface area contributed by atoms with Crippen molar-refractivity contribution in [1.29, 1.82) is 0 Å². The van der Waals surface area contributed by atoms with Gasteiger partial charge in [-0.3, -0.25) is 9.69 Å². The predicted octanol–water partition coefficient (Wildman–Crippen LogP) is 6.30. The fraction of sp³-hybridized carbons (Fsp3) is 0.217. The minimum absolute atomic E-state index is 0.0757. The van der Waals surface area contributed by atoms with Gasteiger partial charge in [0.1, 0.15) is 5.76 Å². The molecule has 2 aromatic carbocycles. The molecule has 0 aliphatic carbocycles. The summed E-state index contributed by atoms with van der Waals surface area (Å²) in [5.41, 5.74) is 2.08. The van der Waals surface area contributed by atoms with E-state index >= 15 is 0 Å². The summed E-state index contributed by atoms with van der Waals surface area (Å²) in [5, 5.41) is 0.728. The van der Waals surface area contributed by atoms with E-state index in [1.807, 2.05) is 49.4 Å². The minimum atomic E-state index is 0.0757. The number of rotatable bonds is 8. The van der Waals surface area contributed by atoms with Gasteiger partial charge in [0.05, 0.1) is 23.0 Å². The van der Waals surface area contributed by atoms with Gasteiger partial charge in [0.25, 0.3) is 0 Å². The van der Waals surface area contributed by atoms with Gasteiger partial charge in [-0.2, -0.15) is 0 Å². The molecule has 0 saturated heterocycles. The summed E-state index contributed by atoms with van der Waals surface area (Å²) in [7, 11) is 0. The van der Waals surface area contributed by atoms with Crippen molar-refractivity contribution in [3.8, 4) is 0 Å². The standard InChI is InChI=1S/C23H22N2O2S2/c1-17-8-5-12-20-22(17)24-23(29-20)25(16-18-9-6-14-27-18)21(26)13-7-15-28-19-10-3-2-4-11-19/h2-6,8-12,14H,7,13,15-16H2,1H3. The molecule has 0 saturated carbocycles. The highest BCUT2D eigenvalue weighted by Crippen LogP contribution is 2.32. The summed E-state index contributed by atoms with van der Waals surface area (Å²) in [6, 6.07) is 20.1. The molecule has 0 spiro atoms. The first-order valence-corrected chi connectivity index (χ1v) is 11.4. The maximum atomic E-state index is 13.1. The number of nitrogens with zero attached hydrogens (tertiary/aromatic N) is 2. The molecule has 29 heavy (non-hydrogen) atoms. The Morgan fingerprint density at radius 2 is 1.97 bits per heavy atom. The van der Waals surface area contributed by atoms with Gasteiger partial charge in [0.2, 0.25) is 5.91 Å². The van der Waals surface area contributed by atoms with Gasteiger partial charge in [-0.25, -0.2) is 4.98 Å². The lowest BCUT2D eigenvalue weighted by Crippen LogP contribution is -2.30. The predicted molar refractivity (Wildman–Crippen MR) is 121 cm³/mol. The van der Waals surface area contributed by atoms with Crippen molar-refractivity contribution in [2.24, 2.45) is 0 Å². The third kappa shape index (κ3) is 4.89. The SMILES string of the molecule is Cc1cccc2sc(N(Cc3ccco3)C(=O)CCCSc3ccccc3)nc12. The molecule has 4 aromatic rings. The molecule has 4 rings (SSSR count). The molecule has 0 aliphatic heterocycles. The lowest BCUT2D eigenvalue weighted by Gasteiger charge is -2.18. The number of thiazole rings is 1. The second-order valence-electron chi connectivity index (χ2n) is 6.74. The Balaban J connectivity index is 1.47. The molecule has 2 heterocycles. The molecule has 0 atom stereocenters. The van der Waals surface area contributed by atoms with Gasteiger partial charge in [0, 0.05) is 11.3 Å². The first-order chi connectivity index (χ1) is 14.2. The van der Waals surface area contributed by atoms with E-state index < -0.39 is 0 Å². The Bertz CT molecular complexity index is 1070. The molecule has 148 valence electrons. The Kier molecular flexibility index (Phi) is 6.32. The number of furan rings is 1. The van der Waals surface area contributed by atoms with Crippen LogP contribution in [0.25, 0.3) is 10.2 Å². The monoisotopic (exact) mass is 422 g/mol. The van der Waals surface area contributed by atoms with Crippen LogP contribution in [0.3, 0.4) is 0 Å². The fourth-order valence-corrected chi connectivity index (χ4v) is 5.01. The zero-order valence-corrected chi connectivity index (χ0v) is 17.8. The zero-order valence-electron chi connectivity index (χ0n) is 16.2. The number of hydrogen-bond donors (Lipinski definition) is 0. The number of carbonyl (C=O) groups excluding carboxylic acids is 1. The zero-order chi connectivity index (χ0) is 20.1. The van der Waals surface area contributed by atoms with Crippen LogP contribution in [-0.2, 0) is 11.3 Å².